The van der Waals surface area contributed by atoms with Crippen molar-refractivity contribution in [3.05, 3.63) is 93.3 Å². The van der Waals surface area contributed by atoms with Gasteiger partial charge in [-0.2, -0.15) is 0 Å². The van der Waals surface area contributed by atoms with E-state index in [1.807, 2.05) is 19.1 Å². The molecule has 0 fully saturated rings. The lowest BCUT2D eigenvalue weighted by Gasteiger charge is -2.31. The van der Waals surface area contributed by atoms with E-state index >= 15 is 0 Å². The van der Waals surface area contributed by atoms with Crippen molar-refractivity contribution in [2.45, 2.75) is 6.92 Å². The van der Waals surface area contributed by atoms with Crippen LogP contribution in [-0.2, 0) is 14.8 Å². The number of methoxy groups -OCH3 is 1. The minimum absolute atomic E-state index is 0.297. The van der Waals surface area contributed by atoms with E-state index in [-0.39, 0.29) is 4.91 Å². The Morgan fingerprint density at radius 2 is 1.75 bits per heavy atom. The van der Waals surface area contributed by atoms with Crippen molar-refractivity contribution in [2.24, 2.45) is 0 Å². The normalized spacial score (nSPS) is 14.7. The summed E-state index contributed by atoms with van der Waals surface area (Å²) in [5, 5.41) is 3.17. The summed E-state index contributed by atoms with van der Waals surface area (Å²) in [5.74, 6) is -0.332. The topological polar surface area (TPSA) is 75.7 Å². The number of anilines is 2. The van der Waals surface area contributed by atoms with E-state index < -0.39 is 15.9 Å². The Morgan fingerprint density at radius 3 is 2.44 bits per heavy atom. The molecule has 1 amide bonds. The first kappa shape index (κ1) is 21.9. The van der Waals surface area contributed by atoms with E-state index in [9.17, 15) is 13.2 Å². The number of fused-ring (bicyclic) bond motifs is 1. The monoisotopic (exact) mass is 468 g/mol. The summed E-state index contributed by atoms with van der Waals surface area (Å²) >= 11 is 6.25. The van der Waals surface area contributed by atoms with Crippen molar-refractivity contribution in [1.82, 2.24) is 0 Å². The SMILES string of the molecule is COc1ccc(C)cc1NC(=O)C1=C(c2ccccc2)c2cc(Cl)ccc2N(C)S1(=O)=O. The van der Waals surface area contributed by atoms with Gasteiger partial charge in [0.2, 0.25) is 0 Å². The highest BCUT2D eigenvalue weighted by molar-refractivity contribution is 7.97. The molecule has 0 saturated carbocycles. The van der Waals surface area contributed by atoms with Crippen molar-refractivity contribution in [3.63, 3.8) is 0 Å². The second-order valence-corrected chi connectivity index (χ2v) is 9.70. The molecule has 1 N–H and O–H groups in total. The third-order valence-corrected chi connectivity index (χ3v) is 7.34. The summed E-state index contributed by atoms with van der Waals surface area (Å²) in [4.78, 5) is 13.2. The molecule has 0 atom stereocenters. The fourth-order valence-electron chi connectivity index (χ4n) is 3.72. The fourth-order valence-corrected chi connectivity index (χ4v) is 5.36. The van der Waals surface area contributed by atoms with Crippen molar-refractivity contribution in [2.75, 3.05) is 23.8 Å². The van der Waals surface area contributed by atoms with Crippen LogP contribution in [0.2, 0.25) is 5.02 Å². The van der Waals surface area contributed by atoms with Gasteiger partial charge in [-0.05, 0) is 48.4 Å². The summed E-state index contributed by atoms with van der Waals surface area (Å²) in [6, 6.07) is 19.1. The second kappa shape index (κ2) is 8.33. The molecule has 164 valence electrons. The minimum Gasteiger partial charge on any atom is -0.495 e. The number of aryl methyl sites for hydroxylation is 1. The maximum absolute atomic E-state index is 13.5. The number of amides is 1. The van der Waals surface area contributed by atoms with E-state index in [1.54, 1.807) is 54.6 Å². The number of carbonyl (C=O) groups excluding carboxylic acids is 1. The number of nitrogens with one attached hydrogen (secondary N) is 1. The first-order chi connectivity index (χ1) is 15.2. The molecule has 0 unspecified atom stereocenters. The Kier molecular flexibility index (Phi) is 5.71. The first-order valence-electron chi connectivity index (χ1n) is 9.78. The van der Waals surface area contributed by atoms with Gasteiger partial charge in [-0.15, -0.1) is 0 Å². The highest BCUT2D eigenvalue weighted by atomic mass is 35.5. The van der Waals surface area contributed by atoms with Crippen LogP contribution in [0.1, 0.15) is 16.7 Å². The summed E-state index contributed by atoms with van der Waals surface area (Å²) in [5.41, 5.74) is 3.16. The molecular formula is C24H21ClN2O4S. The first-order valence-corrected chi connectivity index (χ1v) is 11.6. The summed E-state index contributed by atoms with van der Waals surface area (Å²) in [7, 11) is -1.25. The maximum atomic E-state index is 13.5. The van der Waals surface area contributed by atoms with Crippen LogP contribution < -0.4 is 14.4 Å². The zero-order valence-corrected chi connectivity index (χ0v) is 19.3. The quantitative estimate of drug-likeness (QED) is 0.594. The Balaban J connectivity index is 1.99. The van der Waals surface area contributed by atoms with Gasteiger partial charge in [-0.3, -0.25) is 9.10 Å². The average Bonchev–Trinajstić information content (AvgIpc) is 2.76. The molecule has 0 spiro atoms. The Bertz CT molecular complexity index is 1350. The number of halogens is 1. The van der Waals surface area contributed by atoms with E-state index in [2.05, 4.69) is 5.32 Å². The smallest absolute Gasteiger partial charge is 0.270 e. The van der Waals surface area contributed by atoms with Crippen molar-refractivity contribution < 1.29 is 17.9 Å². The van der Waals surface area contributed by atoms with Crippen LogP contribution in [0.5, 0.6) is 5.75 Å². The molecule has 3 aromatic rings. The lowest BCUT2D eigenvalue weighted by Crippen LogP contribution is -2.37. The van der Waals surface area contributed by atoms with Gasteiger partial charge in [0.15, 0.2) is 4.91 Å². The number of ether oxygens (including phenoxy) is 1. The van der Waals surface area contributed by atoms with Gasteiger partial charge in [-0.25, -0.2) is 8.42 Å². The summed E-state index contributed by atoms with van der Waals surface area (Å²) in [6.45, 7) is 1.87. The summed E-state index contributed by atoms with van der Waals surface area (Å²) in [6.07, 6.45) is 0. The molecule has 0 radical (unpaired) electrons. The number of rotatable bonds is 4. The third kappa shape index (κ3) is 3.74. The Labute approximate surface area is 192 Å². The molecule has 6 nitrogen and oxygen atoms in total. The fraction of sp³-hybridized carbons (Fsp3) is 0.125. The predicted molar refractivity (Wildman–Crippen MR) is 128 cm³/mol. The molecule has 4 rings (SSSR count). The minimum atomic E-state index is -4.16. The van der Waals surface area contributed by atoms with E-state index in [0.29, 0.717) is 38.8 Å². The molecule has 8 heteroatoms. The molecule has 0 bridgehead atoms. The molecule has 32 heavy (non-hydrogen) atoms. The van der Waals surface area contributed by atoms with Crippen LogP contribution >= 0.6 is 11.6 Å². The van der Waals surface area contributed by atoms with Crippen LogP contribution in [0.15, 0.2) is 71.6 Å². The number of hydrogen-bond donors (Lipinski definition) is 1. The highest BCUT2D eigenvalue weighted by Gasteiger charge is 2.40. The average molecular weight is 469 g/mol. The van der Waals surface area contributed by atoms with Gasteiger partial charge in [0, 0.05) is 23.2 Å². The Morgan fingerprint density at radius 1 is 1.03 bits per heavy atom. The standard InChI is InChI=1S/C24H21ClN2O4S/c1-15-9-12-21(31-3)19(13-15)26-24(28)23-22(16-7-5-4-6-8-16)18-14-17(25)10-11-20(18)27(2)32(23,29)30/h4-14H,1-3H3,(H,26,28). The van der Waals surface area contributed by atoms with Gasteiger partial charge < -0.3 is 10.1 Å². The number of benzene rings is 3. The molecular weight excluding hydrogens is 448 g/mol. The van der Waals surface area contributed by atoms with Crippen LogP contribution in [0.25, 0.3) is 5.57 Å². The number of carbonyl (C=O) groups is 1. The van der Waals surface area contributed by atoms with Crippen LogP contribution in [0.3, 0.4) is 0 Å². The van der Waals surface area contributed by atoms with Gasteiger partial charge in [0.05, 0.1) is 18.5 Å². The van der Waals surface area contributed by atoms with Crippen molar-refractivity contribution in [1.29, 1.82) is 0 Å². The predicted octanol–water partition coefficient (Wildman–Crippen LogP) is 4.83. The zero-order chi connectivity index (χ0) is 23.0. The van der Waals surface area contributed by atoms with Gasteiger partial charge in [-0.1, -0.05) is 48.0 Å². The van der Waals surface area contributed by atoms with E-state index in [1.165, 1.54) is 14.2 Å². The van der Waals surface area contributed by atoms with Gasteiger partial charge in [0.1, 0.15) is 5.75 Å². The van der Waals surface area contributed by atoms with E-state index in [0.717, 1.165) is 9.87 Å². The lowest BCUT2D eigenvalue weighted by atomic mass is 9.95. The second-order valence-electron chi connectivity index (χ2n) is 7.36. The maximum Gasteiger partial charge on any atom is 0.270 e. The molecule has 1 heterocycles. The number of hydrogen-bond acceptors (Lipinski definition) is 4. The lowest BCUT2D eigenvalue weighted by molar-refractivity contribution is -0.112. The molecule has 1 aliphatic rings. The van der Waals surface area contributed by atoms with Crippen LogP contribution in [0.4, 0.5) is 11.4 Å². The summed E-state index contributed by atoms with van der Waals surface area (Å²) < 4.78 is 33.5. The molecule has 0 saturated heterocycles. The van der Waals surface area contributed by atoms with Crippen LogP contribution in [0, 0.1) is 6.92 Å². The third-order valence-electron chi connectivity index (χ3n) is 5.28. The highest BCUT2D eigenvalue weighted by Crippen LogP contribution is 2.43. The van der Waals surface area contributed by atoms with E-state index in [4.69, 9.17) is 16.3 Å². The number of sulfonamides is 1. The Hall–Kier alpha value is -3.29. The van der Waals surface area contributed by atoms with Crippen LogP contribution in [-0.4, -0.2) is 28.5 Å². The van der Waals surface area contributed by atoms with Gasteiger partial charge >= 0.3 is 0 Å². The zero-order valence-electron chi connectivity index (χ0n) is 17.7. The van der Waals surface area contributed by atoms with Crippen molar-refractivity contribution >= 4 is 44.5 Å². The molecule has 0 aliphatic carbocycles. The van der Waals surface area contributed by atoms with Crippen molar-refractivity contribution in [3.8, 4) is 5.75 Å². The molecule has 3 aromatic carbocycles. The molecule has 0 aromatic heterocycles. The van der Waals surface area contributed by atoms with Gasteiger partial charge in [0.25, 0.3) is 15.9 Å². The molecule has 1 aliphatic heterocycles. The number of nitrogens with zero attached hydrogens (tertiary/aromatic N) is 1. The largest absolute Gasteiger partial charge is 0.495 e.